The monoisotopic (exact) mass is 701 g/mol. The van der Waals surface area contributed by atoms with Crippen molar-refractivity contribution < 1.29 is 39.0 Å². The second-order valence-electron chi connectivity index (χ2n) is 18.7. The molecule has 3 aliphatic rings. The van der Waals surface area contributed by atoms with Crippen molar-refractivity contribution in [3.8, 4) is 0 Å². The predicted octanol–water partition coefficient (Wildman–Crippen LogP) is 5.65. The lowest BCUT2D eigenvalue weighted by atomic mass is 9.88. The van der Waals surface area contributed by atoms with Crippen molar-refractivity contribution in [1.29, 1.82) is 0 Å². The molecule has 3 aliphatic heterocycles. The fourth-order valence-electron chi connectivity index (χ4n) is 8.81. The fourth-order valence-corrected chi connectivity index (χ4v) is 8.81. The van der Waals surface area contributed by atoms with Gasteiger partial charge in [-0.05, 0) is 119 Å². The normalized spacial score (nSPS) is 27.6. The minimum atomic E-state index is -0.573. The maximum Gasteiger partial charge on any atom is 0.310 e. The van der Waals surface area contributed by atoms with Gasteiger partial charge in [-0.25, -0.2) is 0 Å². The Hall–Kier alpha value is -2.57. The van der Waals surface area contributed by atoms with Crippen LogP contribution >= 0.6 is 0 Å². The number of nitrogens with zero attached hydrogens (tertiary/aromatic N) is 2. The topological polar surface area (TPSA) is 138 Å². The lowest BCUT2D eigenvalue weighted by Crippen LogP contribution is -2.47. The number of carbonyl (C=O) groups is 3. The van der Waals surface area contributed by atoms with Crippen LogP contribution in [0, 0.1) is 17.8 Å². The van der Waals surface area contributed by atoms with Crippen molar-refractivity contribution in [2.24, 2.45) is 17.8 Å². The molecule has 3 heterocycles. The second kappa shape index (κ2) is 14.1. The molecule has 0 saturated carbocycles. The van der Waals surface area contributed by atoms with Gasteiger partial charge in [0.2, 0.25) is 0 Å². The van der Waals surface area contributed by atoms with Gasteiger partial charge in [0.15, 0.2) is 0 Å². The zero-order valence-electron chi connectivity index (χ0n) is 32.6. The van der Waals surface area contributed by atoms with Gasteiger partial charge in [-0.1, -0.05) is 18.2 Å². The van der Waals surface area contributed by atoms with Crippen LogP contribution in [0.5, 0.6) is 0 Å². The van der Waals surface area contributed by atoms with E-state index < -0.39 is 34.1 Å². The van der Waals surface area contributed by atoms with Crippen molar-refractivity contribution >= 4 is 17.9 Å². The number of esters is 3. The van der Waals surface area contributed by atoms with Gasteiger partial charge in [0, 0.05) is 51.0 Å². The summed E-state index contributed by atoms with van der Waals surface area (Å²) < 4.78 is 17.3. The first-order valence-electron chi connectivity index (χ1n) is 18.1. The Morgan fingerprint density at radius 3 is 1.46 bits per heavy atom. The molecule has 3 unspecified atom stereocenters. The Kier molecular flexibility index (Phi) is 11.3. The Bertz CT molecular complexity index is 1430. The summed E-state index contributed by atoms with van der Waals surface area (Å²) in [5.74, 6) is -1.21. The largest absolute Gasteiger partial charge is 0.465 e. The number of ether oxygens (including phenoxy) is 3. The molecular formula is C39H63N3O8. The summed E-state index contributed by atoms with van der Waals surface area (Å²) in [6, 6.07) is 5.32. The molecular weight excluding hydrogens is 638 g/mol. The molecule has 3 N–H and O–H groups in total. The summed E-state index contributed by atoms with van der Waals surface area (Å²) in [7, 11) is 0. The minimum absolute atomic E-state index is 0.0105. The van der Waals surface area contributed by atoms with Crippen LogP contribution in [0.25, 0.3) is 0 Å². The summed E-state index contributed by atoms with van der Waals surface area (Å²) >= 11 is 0. The molecule has 11 heteroatoms. The summed E-state index contributed by atoms with van der Waals surface area (Å²) in [4.78, 5) is 39.5. The molecule has 0 amide bonds. The van der Waals surface area contributed by atoms with Gasteiger partial charge in [-0.3, -0.25) is 14.4 Å². The second-order valence-corrected chi connectivity index (χ2v) is 18.7. The number of benzene rings is 1. The van der Waals surface area contributed by atoms with E-state index in [0.29, 0.717) is 36.1 Å². The van der Waals surface area contributed by atoms with Crippen molar-refractivity contribution in [3.63, 3.8) is 0 Å². The van der Waals surface area contributed by atoms with E-state index in [2.05, 4.69) is 33.0 Å². The first kappa shape index (κ1) is 40.2. The first-order valence-corrected chi connectivity index (χ1v) is 18.1. The van der Waals surface area contributed by atoms with Crippen LogP contribution in [-0.2, 0) is 47.9 Å². The van der Waals surface area contributed by atoms with E-state index >= 15 is 0 Å². The molecule has 4 rings (SSSR count). The highest BCUT2D eigenvalue weighted by Crippen LogP contribution is 2.44. The summed E-state index contributed by atoms with van der Waals surface area (Å²) in [6.07, 6.45) is 2.10. The van der Waals surface area contributed by atoms with Crippen LogP contribution in [0.4, 0.5) is 0 Å². The molecule has 50 heavy (non-hydrogen) atoms. The number of carbonyl (C=O) groups excluding carboxylic acids is 3. The quantitative estimate of drug-likeness (QED) is 0.184. The highest BCUT2D eigenvalue weighted by molar-refractivity contribution is 5.77. The fraction of sp³-hybridized carbons (Fsp3) is 0.769. The third-order valence-electron chi connectivity index (χ3n) is 11.8. The van der Waals surface area contributed by atoms with Gasteiger partial charge in [0.25, 0.3) is 0 Å². The van der Waals surface area contributed by atoms with Gasteiger partial charge in [-0.2, -0.15) is 10.1 Å². The van der Waals surface area contributed by atoms with Gasteiger partial charge >= 0.3 is 17.9 Å². The third kappa shape index (κ3) is 8.89. The molecule has 11 nitrogen and oxygen atoms in total. The smallest absolute Gasteiger partial charge is 0.310 e. The van der Waals surface area contributed by atoms with E-state index in [1.165, 1.54) is 10.1 Å². The minimum Gasteiger partial charge on any atom is -0.465 e. The van der Waals surface area contributed by atoms with Crippen molar-refractivity contribution in [2.75, 3.05) is 19.8 Å². The summed E-state index contributed by atoms with van der Waals surface area (Å²) in [5.41, 5.74) is -0.343. The van der Waals surface area contributed by atoms with Crippen LogP contribution in [-0.4, -0.2) is 91.5 Å². The zero-order chi connectivity index (χ0) is 37.7. The molecule has 0 aromatic heterocycles. The molecule has 3 atom stereocenters. The molecule has 282 valence electrons. The Morgan fingerprint density at radius 1 is 0.640 bits per heavy atom. The van der Waals surface area contributed by atoms with Gasteiger partial charge < -0.3 is 29.9 Å². The lowest BCUT2D eigenvalue weighted by molar-refractivity contribution is -0.198. The maximum absolute atomic E-state index is 13.3. The van der Waals surface area contributed by atoms with E-state index in [-0.39, 0.29) is 67.3 Å². The van der Waals surface area contributed by atoms with Gasteiger partial charge in [-0.15, -0.1) is 0 Å². The molecule has 0 bridgehead atoms. The predicted molar refractivity (Wildman–Crippen MR) is 190 cm³/mol. The average molecular weight is 702 g/mol. The summed E-state index contributed by atoms with van der Waals surface area (Å²) in [5, 5.41) is 27.7. The number of hydrogen-bond donors (Lipinski definition) is 3. The molecule has 1 aromatic rings. The standard InChI is InChI=1S/C39H63N3O8/c1-34(2)19-28(37(7,8)40-34)22-48-32(44)17-26-14-13-25(16-31(43)49-23-29-20-35(3,4)41(46)38(29,9)10)15-27(26)18-33(45)50-24-30-21-36(5,6)42(47)39(30,11)12/h13-15,28-30,40,46-47H,16-24H2,1-12H3. The van der Waals surface area contributed by atoms with E-state index in [4.69, 9.17) is 14.2 Å². The third-order valence-corrected chi connectivity index (χ3v) is 11.8. The van der Waals surface area contributed by atoms with Crippen LogP contribution in [0.15, 0.2) is 18.2 Å². The Labute approximate surface area is 299 Å². The van der Waals surface area contributed by atoms with Crippen LogP contribution in [0.2, 0.25) is 0 Å². The average Bonchev–Trinajstić information content (AvgIpc) is 3.37. The molecule has 0 aliphatic carbocycles. The van der Waals surface area contributed by atoms with Crippen LogP contribution in [0.3, 0.4) is 0 Å². The number of hydroxylamine groups is 4. The van der Waals surface area contributed by atoms with Crippen LogP contribution < -0.4 is 5.32 Å². The van der Waals surface area contributed by atoms with E-state index in [1.54, 1.807) is 18.2 Å². The van der Waals surface area contributed by atoms with Crippen molar-refractivity contribution in [1.82, 2.24) is 15.4 Å². The van der Waals surface area contributed by atoms with Crippen molar-refractivity contribution in [2.45, 2.75) is 155 Å². The van der Waals surface area contributed by atoms with Crippen LogP contribution in [0.1, 0.15) is 119 Å². The maximum atomic E-state index is 13.3. The highest BCUT2D eigenvalue weighted by Gasteiger charge is 2.52. The van der Waals surface area contributed by atoms with E-state index in [9.17, 15) is 24.8 Å². The van der Waals surface area contributed by atoms with Gasteiger partial charge in [0.1, 0.15) is 0 Å². The van der Waals surface area contributed by atoms with Gasteiger partial charge in [0.05, 0.1) is 39.1 Å². The molecule has 1 aromatic carbocycles. The number of hydrogen-bond acceptors (Lipinski definition) is 11. The molecule has 3 saturated heterocycles. The lowest BCUT2D eigenvalue weighted by Gasteiger charge is -2.35. The Balaban J connectivity index is 1.44. The van der Waals surface area contributed by atoms with Crippen molar-refractivity contribution in [3.05, 3.63) is 34.9 Å². The molecule has 0 radical (unpaired) electrons. The van der Waals surface area contributed by atoms with E-state index in [0.717, 1.165) is 6.42 Å². The number of rotatable bonds is 12. The Morgan fingerprint density at radius 2 is 1.06 bits per heavy atom. The van der Waals surface area contributed by atoms with E-state index in [1.807, 2.05) is 55.4 Å². The SMILES string of the molecule is CC1(C)CC(COC(=O)Cc2ccc(CC(=O)OCC3CC(C)(C)N(O)C3(C)C)cc2CC(=O)OCC2CC(C)(C)N(O)C2(C)C)C(C)(C)N1. The number of nitrogens with one attached hydrogen (secondary N) is 1. The first-order chi connectivity index (χ1) is 22.8. The molecule has 0 spiro atoms. The molecule has 3 fully saturated rings. The zero-order valence-corrected chi connectivity index (χ0v) is 32.6. The summed E-state index contributed by atoms with van der Waals surface area (Å²) in [6.45, 7) is 24.8. The highest BCUT2D eigenvalue weighted by atomic mass is 16.5.